The number of carbonyl (C=O) groups is 1. The van der Waals surface area contributed by atoms with E-state index in [1.165, 1.54) is 18.1 Å². The molecule has 0 radical (unpaired) electrons. The van der Waals surface area contributed by atoms with E-state index in [0.717, 1.165) is 39.8 Å². The fraction of sp³-hybridized carbons (Fsp3) is 0.261. The minimum absolute atomic E-state index is 0.213. The van der Waals surface area contributed by atoms with Gasteiger partial charge in [-0.05, 0) is 89.8 Å². The lowest BCUT2D eigenvalue weighted by Gasteiger charge is -2.06. The monoisotopic (exact) mass is 382 g/mol. The van der Waals surface area contributed by atoms with Crippen molar-refractivity contribution in [3.63, 3.8) is 0 Å². The zero-order chi connectivity index (χ0) is 19.4. The van der Waals surface area contributed by atoms with Crippen LogP contribution in [0.5, 0.6) is 0 Å². The van der Waals surface area contributed by atoms with Crippen LogP contribution in [0.15, 0.2) is 52.9 Å². The van der Waals surface area contributed by atoms with Crippen LogP contribution in [0.2, 0.25) is 0 Å². The Kier molecular flexibility index (Phi) is 6.17. The van der Waals surface area contributed by atoms with Crippen molar-refractivity contribution < 1.29 is 13.9 Å². The van der Waals surface area contributed by atoms with E-state index in [2.05, 4.69) is 43.5 Å². The second kappa shape index (κ2) is 8.57. The number of halogens is 1. The van der Waals surface area contributed by atoms with Gasteiger partial charge in [0.15, 0.2) is 0 Å². The van der Waals surface area contributed by atoms with Gasteiger partial charge in [-0.3, -0.25) is 4.79 Å². The summed E-state index contributed by atoms with van der Waals surface area (Å²) >= 11 is 1.72. The first kappa shape index (κ1) is 19.4. The maximum Gasteiger partial charge on any atom is 0.305 e. The lowest BCUT2D eigenvalue weighted by Crippen LogP contribution is -1.99. The molecular weight excluding hydrogens is 359 g/mol. The number of esters is 1. The van der Waals surface area contributed by atoms with Crippen molar-refractivity contribution in [2.24, 2.45) is 0 Å². The number of fused-ring (bicyclic) bond motifs is 1. The Hall–Kier alpha value is -2.33. The van der Waals surface area contributed by atoms with E-state index in [9.17, 15) is 9.18 Å². The Labute approximate surface area is 164 Å². The van der Waals surface area contributed by atoms with E-state index in [1.54, 1.807) is 17.8 Å². The SMILES string of the molecule is COC(=O)CCCC1=C(C)C(=Cc2ccc(SC)cc2)c2ccc(F)cc21. The van der Waals surface area contributed by atoms with Crippen LogP contribution < -0.4 is 0 Å². The predicted octanol–water partition coefficient (Wildman–Crippen LogP) is 6.22. The number of allylic oxidation sites excluding steroid dienone is 3. The second-order valence-electron chi connectivity index (χ2n) is 6.55. The molecule has 0 unspecified atom stereocenters. The first-order chi connectivity index (χ1) is 13.0. The van der Waals surface area contributed by atoms with Gasteiger partial charge < -0.3 is 4.74 Å². The normalized spacial score (nSPS) is 14.6. The molecular formula is C23H23FO2S. The summed E-state index contributed by atoms with van der Waals surface area (Å²) in [6.45, 7) is 2.08. The molecule has 0 saturated carbocycles. The smallest absolute Gasteiger partial charge is 0.305 e. The molecule has 0 fully saturated rings. The number of ether oxygens (including phenoxy) is 1. The van der Waals surface area contributed by atoms with Crippen molar-refractivity contribution in [1.29, 1.82) is 0 Å². The lowest BCUT2D eigenvalue weighted by molar-refractivity contribution is -0.140. The van der Waals surface area contributed by atoms with Crippen LogP contribution in [0.3, 0.4) is 0 Å². The number of benzene rings is 2. The molecule has 4 heteroatoms. The molecule has 1 aliphatic carbocycles. The standard InChI is InChI=1S/C23H23FO2S/c1-15-19(5-4-6-23(25)26-2)22-14-17(24)9-12-20(22)21(15)13-16-7-10-18(27-3)11-8-16/h7-14H,4-6H2,1-3H3. The first-order valence-corrected chi connectivity index (χ1v) is 10.2. The van der Waals surface area contributed by atoms with Crippen LogP contribution in [0.4, 0.5) is 4.39 Å². The summed E-state index contributed by atoms with van der Waals surface area (Å²) in [6.07, 6.45) is 5.99. The number of hydrogen-bond acceptors (Lipinski definition) is 3. The van der Waals surface area contributed by atoms with Crippen LogP contribution in [0.1, 0.15) is 42.9 Å². The molecule has 0 aliphatic heterocycles. The summed E-state index contributed by atoms with van der Waals surface area (Å²) in [4.78, 5) is 12.6. The van der Waals surface area contributed by atoms with Crippen molar-refractivity contribution in [2.45, 2.75) is 31.1 Å². The topological polar surface area (TPSA) is 26.3 Å². The number of hydrogen-bond donors (Lipinski definition) is 0. The van der Waals surface area contributed by atoms with Crippen molar-refractivity contribution in [2.75, 3.05) is 13.4 Å². The maximum atomic E-state index is 13.9. The Morgan fingerprint density at radius 2 is 1.89 bits per heavy atom. The first-order valence-electron chi connectivity index (χ1n) is 8.96. The highest BCUT2D eigenvalue weighted by atomic mass is 32.2. The average molecular weight is 383 g/mol. The zero-order valence-electron chi connectivity index (χ0n) is 15.8. The molecule has 0 bridgehead atoms. The summed E-state index contributed by atoms with van der Waals surface area (Å²) in [5, 5.41) is 0. The summed E-state index contributed by atoms with van der Waals surface area (Å²) in [5.41, 5.74) is 6.48. The fourth-order valence-electron chi connectivity index (χ4n) is 3.45. The summed E-state index contributed by atoms with van der Waals surface area (Å²) in [7, 11) is 1.40. The summed E-state index contributed by atoms with van der Waals surface area (Å²) < 4.78 is 18.6. The summed E-state index contributed by atoms with van der Waals surface area (Å²) in [6, 6.07) is 13.4. The minimum Gasteiger partial charge on any atom is -0.469 e. The van der Waals surface area contributed by atoms with Gasteiger partial charge in [-0.2, -0.15) is 0 Å². The predicted molar refractivity (Wildman–Crippen MR) is 111 cm³/mol. The van der Waals surface area contributed by atoms with Crippen LogP contribution in [-0.4, -0.2) is 19.3 Å². The quantitative estimate of drug-likeness (QED) is 0.438. The molecule has 0 saturated heterocycles. The van der Waals surface area contributed by atoms with Gasteiger partial charge in [0, 0.05) is 11.3 Å². The molecule has 2 aromatic rings. The molecule has 1 aliphatic rings. The van der Waals surface area contributed by atoms with Crippen molar-refractivity contribution in [1.82, 2.24) is 0 Å². The largest absolute Gasteiger partial charge is 0.469 e. The average Bonchev–Trinajstić information content (AvgIpc) is 2.93. The van der Waals surface area contributed by atoms with Crippen molar-refractivity contribution >= 4 is 35.0 Å². The van der Waals surface area contributed by atoms with Gasteiger partial charge in [0.1, 0.15) is 5.82 Å². The van der Waals surface area contributed by atoms with E-state index < -0.39 is 0 Å². The van der Waals surface area contributed by atoms with E-state index in [0.29, 0.717) is 12.8 Å². The van der Waals surface area contributed by atoms with Gasteiger partial charge in [-0.1, -0.05) is 18.2 Å². The fourth-order valence-corrected chi connectivity index (χ4v) is 3.86. The zero-order valence-corrected chi connectivity index (χ0v) is 16.7. The minimum atomic E-state index is -0.238. The second-order valence-corrected chi connectivity index (χ2v) is 7.43. The van der Waals surface area contributed by atoms with E-state index in [1.807, 2.05) is 6.07 Å². The van der Waals surface area contributed by atoms with E-state index >= 15 is 0 Å². The Morgan fingerprint density at radius 1 is 1.15 bits per heavy atom. The van der Waals surface area contributed by atoms with Gasteiger partial charge in [0.2, 0.25) is 0 Å². The number of methoxy groups -OCH3 is 1. The van der Waals surface area contributed by atoms with Crippen LogP contribution in [0.25, 0.3) is 17.2 Å². The third-order valence-electron chi connectivity index (χ3n) is 4.92. The van der Waals surface area contributed by atoms with Gasteiger partial charge in [0.05, 0.1) is 7.11 Å². The van der Waals surface area contributed by atoms with Crippen LogP contribution in [0, 0.1) is 5.82 Å². The molecule has 2 nitrogen and oxygen atoms in total. The summed E-state index contributed by atoms with van der Waals surface area (Å²) in [5.74, 6) is -0.451. The Balaban J connectivity index is 1.95. The van der Waals surface area contributed by atoms with Gasteiger partial charge >= 0.3 is 5.97 Å². The molecule has 140 valence electrons. The number of carbonyl (C=O) groups excluding carboxylic acids is 1. The Bertz CT molecular complexity index is 910. The van der Waals surface area contributed by atoms with Gasteiger partial charge in [-0.15, -0.1) is 11.8 Å². The third-order valence-corrected chi connectivity index (χ3v) is 5.66. The van der Waals surface area contributed by atoms with E-state index in [-0.39, 0.29) is 11.8 Å². The lowest BCUT2D eigenvalue weighted by atomic mass is 10.00. The van der Waals surface area contributed by atoms with Gasteiger partial charge in [-0.25, -0.2) is 4.39 Å². The highest BCUT2D eigenvalue weighted by molar-refractivity contribution is 7.98. The van der Waals surface area contributed by atoms with Crippen molar-refractivity contribution in [3.05, 3.63) is 70.5 Å². The van der Waals surface area contributed by atoms with E-state index in [4.69, 9.17) is 4.74 Å². The molecule has 0 aromatic heterocycles. The Morgan fingerprint density at radius 3 is 2.56 bits per heavy atom. The van der Waals surface area contributed by atoms with Gasteiger partial charge in [0.25, 0.3) is 0 Å². The molecule has 0 atom stereocenters. The molecule has 3 rings (SSSR count). The van der Waals surface area contributed by atoms with Crippen molar-refractivity contribution in [3.8, 4) is 0 Å². The molecule has 0 N–H and O–H groups in total. The molecule has 0 heterocycles. The third kappa shape index (κ3) is 4.33. The molecule has 2 aromatic carbocycles. The molecule has 0 amide bonds. The number of rotatable bonds is 6. The molecule has 0 spiro atoms. The van der Waals surface area contributed by atoms with Crippen LogP contribution >= 0.6 is 11.8 Å². The van der Waals surface area contributed by atoms with Crippen LogP contribution in [-0.2, 0) is 9.53 Å². The number of thioether (sulfide) groups is 1. The molecule has 27 heavy (non-hydrogen) atoms. The highest BCUT2D eigenvalue weighted by Crippen LogP contribution is 2.44. The maximum absolute atomic E-state index is 13.9. The highest BCUT2D eigenvalue weighted by Gasteiger charge is 2.24.